The fourth-order valence-corrected chi connectivity index (χ4v) is 15.2. The van der Waals surface area contributed by atoms with Gasteiger partial charge in [0, 0.05) is 118 Å². The van der Waals surface area contributed by atoms with E-state index in [0.29, 0.717) is 51.8 Å². The van der Waals surface area contributed by atoms with Crippen molar-refractivity contribution < 1.29 is 41.4 Å². The highest BCUT2D eigenvalue weighted by Crippen LogP contribution is 2.42. The van der Waals surface area contributed by atoms with Crippen molar-refractivity contribution in [2.24, 2.45) is 45.9 Å². The van der Waals surface area contributed by atoms with E-state index in [1.165, 1.54) is 58.6 Å². The van der Waals surface area contributed by atoms with Gasteiger partial charge in [-0.3, -0.25) is 0 Å². The smallest absolute Gasteiger partial charge is 0.227 e. The summed E-state index contributed by atoms with van der Waals surface area (Å²) in [6.07, 6.45) is 9.21. The van der Waals surface area contributed by atoms with Crippen molar-refractivity contribution in [2.75, 3.05) is 0 Å². The Bertz CT molecular complexity index is 6240. The molecule has 0 radical (unpaired) electrons. The number of benzene rings is 4. The molecule has 0 unspecified atom stereocenters. The third-order valence-electron chi connectivity index (χ3n) is 20.5. The van der Waals surface area contributed by atoms with E-state index in [-0.39, 0.29) is 0 Å². The van der Waals surface area contributed by atoms with Crippen LogP contribution < -0.4 is 18.3 Å². The molecule has 12 heteroatoms. The summed E-state index contributed by atoms with van der Waals surface area (Å²) in [6, 6.07) is 48.8. The van der Waals surface area contributed by atoms with Gasteiger partial charge in [-0.05, 0) is 198 Å². The second kappa shape index (κ2) is 31.0. The SMILES string of the molecule is CCc1ccc2c(n1)oc1c(-c3ccc(CC(C)C)c[n+]3C)c(C)ccc12.Cc1ccc2c(n1)oc1c(-c3ccc(CC(C)C)c[n+]3C)c(C)ccc12.Cc1ccc2c(oc3nc(C(C)C)ccc32)c1-c1ccc(CC(C)C)c[n+]1C.[2H]C([2H])(C)c1cc(-c2c(C)ccc3c2oc2nc(C)ccc23)[n+](C)cc1C([2H])([2H])C. The van der Waals surface area contributed by atoms with Crippen molar-refractivity contribution in [3.05, 3.63) is 237 Å². The number of hydrogen-bond donors (Lipinski definition) is 0. The Morgan fingerprint density at radius 1 is 0.336 bits per heavy atom. The molecule has 0 aliphatic carbocycles. The lowest BCUT2D eigenvalue weighted by Gasteiger charge is -2.10. The number of rotatable bonds is 14. The van der Waals surface area contributed by atoms with Gasteiger partial charge >= 0.3 is 0 Å². The Labute approximate surface area is 636 Å². The molecule has 0 saturated carbocycles. The molecule has 16 rings (SSSR count). The van der Waals surface area contributed by atoms with Crippen LogP contribution in [0, 0.1) is 59.3 Å². The van der Waals surface area contributed by atoms with Gasteiger partial charge in [0.2, 0.25) is 45.6 Å². The fourth-order valence-electron chi connectivity index (χ4n) is 15.2. The molecule has 0 N–H and O–H groups in total. The van der Waals surface area contributed by atoms with Gasteiger partial charge in [-0.1, -0.05) is 125 Å². The van der Waals surface area contributed by atoms with Crippen molar-refractivity contribution in [3.63, 3.8) is 0 Å². The van der Waals surface area contributed by atoms with E-state index in [9.17, 15) is 0 Å². The summed E-state index contributed by atoms with van der Waals surface area (Å²) in [4.78, 5) is 18.6. The maximum Gasteiger partial charge on any atom is 0.227 e. The first-order valence-corrected chi connectivity index (χ1v) is 37.9. The molecule has 12 heterocycles. The van der Waals surface area contributed by atoms with Crippen LogP contribution in [-0.4, -0.2) is 19.9 Å². The zero-order valence-corrected chi connectivity index (χ0v) is 66.4. The summed E-state index contributed by atoms with van der Waals surface area (Å²) in [6.45, 7) is 35.2. The predicted molar refractivity (Wildman–Crippen MR) is 439 cm³/mol. The molecule has 0 aliphatic heterocycles. The first-order valence-electron chi connectivity index (χ1n) is 39.9. The normalized spacial score (nSPS) is 12.6. The van der Waals surface area contributed by atoms with Crippen LogP contribution in [0.2, 0.25) is 0 Å². The lowest BCUT2D eigenvalue weighted by atomic mass is 9.97. The van der Waals surface area contributed by atoms with Crippen molar-refractivity contribution in [1.29, 1.82) is 0 Å². The molecule has 0 fully saturated rings. The average Bonchev–Trinajstić information content (AvgIpc) is 1.72. The number of furan rings is 4. The Balaban J connectivity index is 0.000000130. The zero-order chi connectivity index (χ0) is 79.6. The van der Waals surface area contributed by atoms with Crippen LogP contribution in [0.25, 0.3) is 133 Å². The van der Waals surface area contributed by atoms with Crippen LogP contribution in [-0.2, 0) is 66.6 Å². The Morgan fingerprint density at radius 3 is 0.991 bits per heavy atom. The van der Waals surface area contributed by atoms with Crippen LogP contribution in [0.1, 0.15) is 160 Å². The highest BCUT2D eigenvalue weighted by molar-refractivity contribution is 6.12. The minimum Gasteiger partial charge on any atom is -0.437 e. The number of aromatic nitrogens is 8. The molecule has 0 bridgehead atoms. The molecule has 12 aromatic heterocycles. The molecule has 12 nitrogen and oxygen atoms in total. The fraction of sp³-hybridized carbons (Fsp3) is 0.326. The standard InChI is InChI=1S/C25H29N2O.C24H27N2O.2C23H25N2O/c1-15(2)13-18-8-12-22(27(6)14-18)23-17(5)7-9-19-20-10-11-21(16(3)4)26-25(20)28-24(19)23;1-6-18-9-11-20-19-10-7-16(4)22(23(19)27-24(20)25-18)21-12-8-17(13-15(2)3)14-26(21)5;1-14(2)12-17-8-11-20(25(5)13-17)21-15(3)6-9-18-19-10-7-16(4)24-23(19)26-22(18)21;1-6-16-12-20(25(5)13-17(16)7-2)21-14(3)8-10-18-19-11-9-15(4)24-23(19)26-22(18)21/h7-12,14-16H,13H2,1-6H3;7-12,14-15H,6,13H2,1-5H3;6-11,13-14H,12H2,1-5H3;8-13H,6-7H2,1-5H3/q4*+1/i;;;6D2,7D2. The number of hydrogen-bond acceptors (Lipinski definition) is 8. The monoisotopic (exact) mass is 1430 g/mol. The maximum atomic E-state index is 8.31. The molecule has 0 amide bonds. The molecule has 0 saturated heterocycles. The first-order chi connectivity index (χ1) is 52.6. The van der Waals surface area contributed by atoms with Gasteiger partial charge in [-0.15, -0.1) is 0 Å². The minimum absolute atomic E-state index is 0.338. The van der Waals surface area contributed by atoms with Gasteiger partial charge in [0.1, 0.15) is 28.2 Å². The number of pyridine rings is 8. The van der Waals surface area contributed by atoms with Crippen LogP contribution >= 0.6 is 0 Å². The highest BCUT2D eigenvalue weighted by atomic mass is 16.4. The van der Waals surface area contributed by atoms with Gasteiger partial charge in [0.15, 0.2) is 47.1 Å². The topological polar surface area (TPSA) is 120 Å². The number of nitrogens with zero attached hydrogens (tertiary/aromatic N) is 8. The Kier molecular flexibility index (Phi) is 20.1. The average molecular weight is 1430 g/mol. The summed E-state index contributed by atoms with van der Waals surface area (Å²) < 4.78 is 66.5. The van der Waals surface area contributed by atoms with Crippen molar-refractivity contribution in [2.45, 2.75) is 162 Å². The minimum atomic E-state index is -1.70. The van der Waals surface area contributed by atoms with Gasteiger partial charge in [0.05, 0.1) is 22.3 Å². The van der Waals surface area contributed by atoms with Gasteiger partial charge in [-0.2, -0.15) is 0 Å². The predicted octanol–water partition coefficient (Wildman–Crippen LogP) is 22.1. The molecule has 0 aliphatic rings. The lowest BCUT2D eigenvalue weighted by molar-refractivity contribution is -0.661. The summed E-state index contributed by atoms with van der Waals surface area (Å²) >= 11 is 0. The van der Waals surface area contributed by atoms with E-state index in [1.54, 1.807) is 12.3 Å². The number of fused-ring (bicyclic) bond motifs is 12. The summed E-state index contributed by atoms with van der Waals surface area (Å²) in [5.41, 5.74) is 28.2. The van der Waals surface area contributed by atoms with Gasteiger partial charge in [-0.25, -0.2) is 38.2 Å². The van der Waals surface area contributed by atoms with Crippen molar-refractivity contribution in [1.82, 2.24) is 19.9 Å². The van der Waals surface area contributed by atoms with Crippen LogP contribution in [0.5, 0.6) is 0 Å². The van der Waals surface area contributed by atoms with Crippen molar-refractivity contribution in [3.8, 4) is 45.0 Å². The molecular formula is C95H106N8O4+4. The molecule has 546 valence electrons. The first kappa shape index (κ1) is 69.3. The van der Waals surface area contributed by atoms with E-state index in [4.69, 9.17) is 33.1 Å². The Morgan fingerprint density at radius 2 is 0.654 bits per heavy atom. The zero-order valence-electron chi connectivity index (χ0n) is 70.4. The van der Waals surface area contributed by atoms with E-state index >= 15 is 0 Å². The quantitative estimate of drug-likeness (QED) is 0.0988. The summed E-state index contributed by atoms with van der Waals surface area (Å²) in [5, 5.41) is 8.52. The van der Waals surface area contributed by atoms with Crippen molar-refractivity contribution >= 4 is 88.3 Å². The lowest BCUT2D eigenvalue weighted by Crippen LogP contribution is -2.32. The molecule has 107 heavy (non-hydrogen) atoms. The van der Waals surface area contributed by atoms with Gasteiger partial charge < -0.3 is 17.7 Å². The van der Waals surface area contributed by atoms with E-state index in [2.05, 4.69) is 250 Å². The van der Waals surface area contributed by atoms with Crippen LogP contribution in [0.4, 0.5) is 0 Å². The molecule has 4 aromatic carbocycles. The maximum absolute atomic E-state index is 8.31. The largest absolute Gasteiger partial charge is 0.437 e. The van der Waals surface area contributed by atoms with E-state index < -0.39 is 12.7 Å². The summed E-state index contributed by atoms with van der Waals surface area (Å²) in [7, 11) is 8.20. The molecule has 0 atom stereocenters. The third kappa shape index (κ3) is 15.1. The van der Waals surface area contributed by atoms with E-state index in [1.807, 2.05) is 62.7 Å². The molecule has 0 spiro atoms. The molecular weight excluding hydrogens is 1320 g/mol. The third-order valence-corrected chi connectivity index (χ3v) is 20.5. The van der Waals surface area contributed by atoms with Crippen LogP contribution in [0.15, 0.2) is 182 Å². The highest BCUT2D eigenvalue weighted by Gasteiger charge is 2.28. The second-order valence-corrected chi connectivity index (χ2v) is 30.8. The Hall–Kier alpha value is -10.7. The van der Waals surface area contributed by atoms with Gasteiger partial charge in [0.25, 0.3) is 0 Å². The number of aryl methyl sites for hydroxylation is 13. The van der Waals surface area contributed by atoms with Crippen LogP contribution in [0.3, 0.4) is 0 Å². The molecule has 16 aromatic rings. The summed E-state index contributed by atoms with van der Waals surface area (Å²) in [5.74, 6) is 2.32. The van der Waals surface area contributed by atoms with E-state index in [0.717, 1.165) is 159 Å². The second-order valence-electron chi connectivity index (χ2n) is 30.8.